The number of nitrogens with one attached hydrogen (secondary N) is 1. The van der Waals surface area contributed by atoms with Crippen LogP contribution in [-0.2, 0) is 23.8 Å². The molecule has 2 atom stereocenters. The zero-order valence-corrected chi connectivity index (χ0v) is 21.9. The Morgan fingerprint density at radius 3 is 2.34 bits per heavy atom. The number of methoxy groups -OCH3 is 1. The van der Waals surface area contributed by atoms with Crippen LogP contribution in [0, 0.1) is 10.1 Å². The van der Waals surface area contributed by atoms with Gasteiger partial charge in [-0.2, -0.15) is 13.2 Å². The standard InChI is InChI=1S/C27H25F3N2O9/c1-15-21(26(34)39-11-10-38-19-8-3-4-9-20(19)41-14-18-13-40-18)22(16-6-5-7-17(12-16)32(35)36)23(25(33)37-2)24(31-15)27(28,29)30/h3-9,12,18,22,31H,10-11,13-14H2,1-2H3. The van der Waals surface area contributed by atoms with E-state index in [-0.39, 0.29) is 36.2 Å². The number of nitrogens with zero attached hydrogens (tertiary/aromatic N) is 1. The first kappa shape index (κ1) is 29.4. The molecule has 0 radical (unpaired) electrons. The first-order chi connectivity index (χ1) is 19.5. The summed E-state index contributed by atoms with van der Waals surface area (Å²) < 4.78 is 68.4. The third-order valence-electron chi connectivity index (χ3n) is 6.14. The number of ether oxygens (including phenoxy) is 5. The molecule has 0 aliphatic carbocycles. The van der Waals surface area contributed by atoms with E-state index in [1.807, 2.05) is 0 Å². The van der Waals surface area contributed by atoms with Crippen LogP contribution in [0.4, 0.5) is 18.9 Å². The molecule has 0 aromatic heterocycles. The Kier molecular flexibility index (Phi) is 8.81. The van der Waals surface area contributed by atoms with E-state index in [0.29, 0.717) is 24.7 Å². The Balaban J connectivity index is 1.58. The number of halogens is 3. The molecule has 11 nitrogen and oxygen atoms in total. The molecule has 41 heavy (non-hydrogen) atoms. The van der Waals surface area contributed by atoms with Crippen molar-refractivity contribution < 1.29 is 51.4 Å². The maximum absolute atomic E-state index is 14.0. The number of nitro benzene ring substituents is 1. The number of para-hydroxylation sites is 2. The van der Waals surface area contributed by atoms with Crippen LogP contribution < -0.4 is 14.8 Å². The number of epoxide rings is 1. The molecule has 2 heterocycles. The van der Waals surface area contributed by atoms with Crippen molar-refractivity contribution in [2.45, 2.75) is 25.1 Å². The number of carbonyl (C=O) groups excluding carboxylic acids is 2. The normalized spacial score (nSPS) is 18.4. The molecule has 0 saturated carbocycles. The van der Waals surface area contributed by atoms with Gasteiger partial charge in [0.2, 0.25) is 0 Å². The predicted molar refractivity (Wildman–Crippen MR) is 135 cm³/mol. The van der Waals surface area contributed by atoms with Gasteiger partial charge in [-0.3, -0.25) is 10.1 Å². The maximum Gasteiger partial charge on any atom is 0.431 e. The van der Waals surface area contributed by atoms with Gasteiger partial charge >= 0.3 is 18.1 Å². The second-order valence-electron chi connectivity index (χ2n) is 8.92. The number of hydrogen-bond acceptors (Lipinski definition) is 10. The van der Waals surface area contributed by atoms with Gasteiger partial charge in [0.25, 0.3) is 5.69 Å². The van der Waals surface area contributed by atoms with E-state index in [1.165, 1.54) is 19.1 Å². The molecule has 2 aliphatic rings. The molecule has 1 fully saturated rings. The van der Waals surface area contributed by atoms with Gasteiger partial charge in [0, 0.05) is 17.8 Å². The van der Waals surface area contributed by atoms with Crippen molar-refractivity contribution in [1.82, 2.24) is 5.32 Å². The fourth-order valence-electron chi connectivity index (χ4n) is 4.20. The van der Waals surface area contributed by atoms with Crippen LogP contribution >= 0.6 is 0 Å². The molecular formula is C27H25F3N2O9. The van der Waals surface area contributed by atoms with Gasteiger partial charge in [-0.05, 0) is 24.6 Å². The zero-order chi connectivity index (χ0) is 29.7. The Morgan fingerprint density at radius 1 is 1.05 bits per heavy atom. The number of benzene rings is 2. The Morgan fingerprint density at radius 2 is 1.73 bits per heavy atom. The summed E-state index contributed by atoms with van der Waals surface area (Å²) in [5, 5.41) is 13.5. The third-order valence-corrected chi connectivity index (χ3v) is 6.14. The largest absolute Gasteiger partial charge is 0.487 e. The lowest BCUT2D eigenvalue weighted by Gasteiger charge is -2.31. The molecule has 2 unspecified atom stereocenters. The summed E-state index contributed by atoms with van der Waals surface area (Å²) in [7, 11) is 0.883. The number of rotatable bonds is 11. The van der Waals surface area contributed by atoms with E-state index in [0.717, 1.165) is 19.2 Å². The first-order valence-electron chi connectivity index (χ1n) is 12.3. The lowest BCUT2D eigenvalue weighted by molar-refractivity contribution is -0.384. The van der Waals surface area contributed by atoms with Crippen molar-refractivity contribution in [3.8, 4) is 11.5 Å². The highest BCUT2D eigenvalue weighted by atomic mass is 19.4. The number of esters is 2. The average Bonchev–Trinajstić information content (AvgIpc) is 3.77. The van der Waals surface area contributed by atoms with Gasteiger partial charge in [0.15, 0.2) is 11.5 Å². The molecule has 1 saturated heterocycles. The van der Waals surface area contributed by atoms with Crippen LogP contribution in [0.25, 0.3) is 0 Å². The van der Waals surface area contributed by atoms with Crippen molar-refractivity contribution in [3.05, 3.63) is 86.7 Å². The van der Waals surface area contributed by atoms with E-state index in [1.54, 1.807) is 24.3 Å². The topological polar surface area (TPSA) is 139 Å². The van der Waals surface area contributed by atoms with Gasteiger partial charge in [-0.1, -0.05) is 24.3 Å². The maximum atomic E-state index is 14.0. The van der Waals surface area contributed by atoms with E-state index in [2.05, 4.69) is 10.1 Å². The minimum atomic E-state index is -5.05. The van der Waals surface area contributed by atoms with Gasteiger partial charge in [0.05, 0.1) is 35.7 Å². The Bertz CT molecular complexity index is 1400. The molecule has 0 amide bonds. The third kappa shape index (κ3) is 6.95. The minimum absolute atomic E-state index is 0.0189. The van der Waals surface area contributed by atoms with Gasteiger partial charge in [-0.15, -0.1) is 0 Å². The highest BCUT2D eigenvalue weighted by Crippen LogP contribution is 2.44. The number of dihydropyridines is 1. The molecular weight excluding hydrogens is 553 g/mol. The number of allylic oxidation sites excluding steroid dienone is 2. The monoisotopic (exact) mass is 578 g/mol. The second-order valence-corrected chi connectivity index (χ2v) is 8.92. The van der Waals surface area contributed by atoms with E-state index >= 15 is 0 Å². The van der Waals surface area contributed by atoms with Crippen LogP contribution in [-0.4, -0.2) is 62.7 Å². The van der Waals surface area contributed by atoms with E-state index in [9.17, 15) is 32.9 Å². The van der Waals surface area contributed by atoms with Crippen molar-refractivity contribution in [3.63, 3.8) is 0 Å². The van der Waals surface area contributed by atoms with Crippen LogP contribution in [0.3, 0.4) is 0 Å². The smallest absolute Gasteiger partial charge is 0.431 e. The van der Waals surface area contributed by atoms with Crippen LogP contribution in [0.2, 0.25) is 0 Å². The molecule has 2 aromatic rings. The number of non-ortho nitro benzene ring substituents is 1. The summed E-state index contributed by atoms with van der Waals surface area (Å²) >= 11 is 0. The first-order valence-corrected chi connectivity index (χ1v) is 12.3. The highest BCUT2D eigenvalue weighted by Gasteiger charge is 2.47. The second kappa shape index (κ2) is 12.3. The summed E-state index contributed by atoms with van der Waals surface area (Å²) in [6.07, 6.45) is -5.03. The Hall–Kier alpha value is -4.59. The summed E-state index contributed by atoms with van der Waals surface area (Å²) in [5.74, 6) is -3.31. The van der Waals surface area contributed by atoms with Crippen LogP contribution in [0.15, 0.2) is 71.1 Å². The van der Waals surface area contributed by atoms with Gasteiger partial charge < -0.3 is 29.0 Å². The summed E-state index contributed by atoms with van der Waals surface area (Å²) in [6.45, 7) is 1.69. The Labute approximate surface area is 231 Å². The molecule has 2 aromatic carbocycles. The van der Waals surface area contributed by atoms with Gasteiger partial charge in [-0.25, -0.2) is 9.59 Å². The zero-order valence-electron chi connectivity index (χ0n) is 21.9. The van der Waals surface area contributed by atoms with Crippen LogP contribution in [0.1, 0.15) is 18.4 Å². The fraction of sp³-hybridized carbons (Fsp3) is 0.333. The lowest BCUT2D eigenvalue weighted by Crippen LogP contribution is -2.38. The molecule has 0 bridgehead atoms. The molecule has 4 rings (SSSR count). The average molecular weight is 578 g/mol. The molecule has 0 spiro atoms. The van der Waals surface area contributed by atoms with Gasteiger partial charge in [0.1, 0.15) is 31.6 Å². The number of carbonyl (C=O) groups is 2. The molecule has 1 N–H and O–H groups in total. The van der Waals surface area contributed by atoms with Crippen molar-refractivity contribution in [2.75, 3.05) is 33.5 Å². The summed E-state index contributed by atoms with van der Waals surface area (Å²) in [6, 6.07) is 11.4. The highest BCUT2D eigenvalue weighted by molar-refractivity contribution is 6.00. The lowest BCUT2D eigenvalue weighted by atomic mass is 9.80. The number of nitro groups is 1. The van der Waals surface area contributed by atoms with Crippen molar-refractivity contribution >= 4 is 17.6 Å². The van der Waals surface area contributed by atoms with Crippen molar-refractivity contribution in [1.29, 1.82) is 0 Å². The number of hydrogen-bond donors (Lipinski definition) is 1. The van der Waals surface area contributed by atoms with E-state index < -0.39 is 45.9 Å². The SMILES string of the molecule is COC(=O)C1=C(C(F)(F)F)NC(C)=C(C(=O)OCCOc2ccccc2OCC2CO2)C1c1cccc([N+](=O)[O-])c1. The minimum Gasteiger partial charge on any atom is -0.487 e. The van der Waals surface area contributed by atoms with Crippen molar-refractivity contribution in [2.24, 2.45) is 0 Å². The van der Waals surface area contributed by atoms with E-state index in [4.69, 9.17) is 18.9 Å². The quantitative estimate of drug-likeness (QED) is 0.137. The summed E-state index contributed by atoms with van der Waals surface area (Å²) in [5.41, 5.74) is -3.57. The molecule has 218 valence electrons. The number of alkyl halides is 3. The molecule has 2 aliphatic heterocycles. The summed E-state index contributed by atoms with van der Waals surface area (Å²) in [4.78, 5) is 36.6. The fourth-order valence-corrected chi connectivity index (χ4v) is 4.20. The molecule has 14 heteroatoms. The predicted octanol–water partition coefficient (Wildman–Crippen LogP) is 3.94. The van der Waals surface area contributed by atoms with Crippen LogP contribution in [0.5, 0.6) is 11.5 Å².